The molecule has 2 aromatic carbocycles. The van der Waals surface area contributed by atoms with Gasteiger partial charge in [-0.1, -0.05) is 34.5 Å². The summed E-state index contributed by atoms with van der Waals surface area (Å²) in [7, 11) is 0. The summed E-state index contributed by atoms with van der Waals surface area (Å²) in [6.45, 7) is 2.61. The lowest BCUT2D eigenvalue weighted by Crippen LogP contribution is -2.13. The molecule has 0 spiro atoms. The lowest BCUT2D eigenvalue weighted by atomic mass is 10.2. The van der Waals surface area contributed by atoms with Crippen molar-refractivity contribution < 1.29 is 9.53 Å². The number of hydrogen-bond acceptors (Lipinski definition) is 2. The van der Waals surface area contributed by atoms with E-state index in [2.05, 4.69) is 21.2 Å². The van der Waals surface area contributed by atoms with Gasteiger partial charge in [0.15, 0.2) is 0 Å². The third-order valence-electron chi connectivity index (χ3n) is 2.76. The van der Waals surface area contributed by atoms with Gasteiger partial charge in [0.25, 0.3) is 5.91 Å². The molecule has 0 aliphatic heterocycles. The van der Waals surface area contributed by atoms with E-state index in [0.717, 1.165) is 10.9 Å². The molecule has 0 bridgehead atoms. The van der Waals surface area contributed by atoms with Crippen LogP contribution in [0.15, 0.2) is 46.9 Å². The van der Waals surface area contributed by atoms with Gasteiger partial charge in [-0.2, -0.15) is 0 Å². The summed E-state index contributed by atoms with van der Waals surface area (Å²) in [5.74, 6) is 0.415. The first-order valence-electron chi connectivity index (χ1n) is 6.59. The Hall–Kier alpha value is -1.52. The van der Waals surface area contributed by atoms with E-state index >= 15 is 0 Å². The fraction of sp³-hybridized carbons (Fsp3) is 0.188. The van der Waals surface area contributed by atoms with Crippen molar-refractivity contribution in [3.63, 3.8) is 0 Å². The normalized spacial score (nSPS) is 10.2. The minimum atomic E-state index is -0.203. The second-order valence-corrected chi connectivity index (χ2v) is 5.80. The number of anilines is 1. The summed E-state index contributed by atoms with van der Waals surface area (Å²) in [5.41, 5.74) is 1.14. The maximum absolute atomic E-state index is 12.2. The van der Waals surface area contributed by atoms with E-state index in [1.54, 1.807) is 30.3 Å². The van der Waals surface area contributed by atoms with Crippen LogP contribution >= 0.6 is 27.5 Å². The Kier molecular flexibility index (Phi) is 5.65. The molecular formula is C16H15BrClNO2. The molecule has 0 radical (unpaired) electrons. The molecule has 21 heavy (non-hydrogen) atoms. The predicted molar refractivity (Wildman–Crippen MR) is 89.3 cm³/mol. The molecule has 0 aliphatic carbocycles. The Balaban J connectivity index is 2.19. The molecule has 0 fully saturated rings. The van der Waals surface area contributed by atoms with Crippen molar-refractivity contribution in [2.24, 2.45) is 0 Å². The van der Waals surface area contributed by atoms with Crippen LogP contribution in [0, 0.1) is 0 Å². The minimum absolute atomic E-state index is 0.203. The lowest BCUT2D eigenvalue weighted by molar-refractivity contribution is 0.102. The molecule has 0 aromatic heterocycles. The molecular weight excluding hydrogens is 354 g/mol. The van der Waals surface area contributed by atoms with Crippen molar-refractivity contribution in [3.8, 4) is 5.75 Å². The van der Waals surface area contributed by atoms with Crippen LogP contribution in [0.2, 0.25) is 5.02 Å². The number of amides is 1. The molecule has 3 nitrogen and oxygen atoms in total. The van der Waals surface area contributed by atoms with Crippen molar-refractivity contribution in [2.45, 2.75) is 13.3 Å². The molecule has 0 saturated carbocycles. The van der Waals surface area contributed by atoms with Crippen LogP contribution in [-0.4, -0.2) is 12.5 Å². The number of carbonyl (C=O) groups excluding carboxylic acids is 1. The molecule has 0 heterocycles. The van der Waals surface area contributed by atoms with Gasteiger partial charge in [-0.3, -0.25) is 4.79 Å². The van der Waals surface area contributed by atoms with Crippen LogP contribution in [0.4, 0.5) is 5.69 Å². The predicted octanol–water partition coefficient (Wildman–Crippen LogP) is 5.14. The number of benzene rings is 2. The molecule has 0 atom stereocenters. The first kappa shape index (κ1) is 15.9. The molecule has 2 rings (SSSR count). The minimum Gasteiger partial charge on any atom is -0.491 e. The third-order valence-corrected chi connectivity index (χ3v) is 3.52. The van der Waals surface area contributed by atoms with E-state index < -0.39 is 0 Å². The zero-order valence-corrected chi connectivity index (χ0v) is 13.9. The fourth-order valence-electron chi connectivity index (χ4n) is 1.73. The number of hydrogen-bond donors (Lipinski definition) is 1. The summed E-state index contributed by atoms with van der Waals surface area (Å²) in [6.07, 6.45) is 0.892. The van der Waals surface area contributed by atoms with Crippen LogP contribution in [0.25, 0.3) is 0 Å². The molecule has 0 aliphatic rings. The van der Waals surface area contributed by atoms with Crippen molar-refractivity contribution >= 4 is 39.1 Å². The number of carbonyl (C=O) groups is 1. The average molecular weight is 369 g/mol. The van der Waals surface area contributed by atoms with Crippen LogP contribution in [0.3, 0.4) is 0 Å². The highest BCUT2D eigenvalue weighted by Gasteiger charge is 2.10. The van der Waals surface area contributed by atoms with Crippen molar-refractivity contribution in [3.05, 3.63) is 57.5 Å². The first-order valence-corrected chi connectivity index (χ1v) is 7.76. The number of halogens is 2. The highest BCUT2D eigenvalue weighted by atomic mass is 79.9. The maximum Gasteiger partial charge on any atom is 0.255 e. The van der Waals surface area contributed by atoms with E-state index in [9.17, 15) is 4.79 Å². The van der Waals surface area contributed by atoms with E-state index in [1.165, 1.54) is 0 Å². The van der Waals surface area contributed by atoms with Gasteiger partial charge in [0.05, 0.1) is 12.3 Å². The van der Waals surface area contributed by atoms with Crippen molar-refractivity contribution in [2.75, 3.05) is 11.9 Å². The van der Waals surface area contributed by atoms with Gasteiger partial charge >= 0.3 is 0 Å². The fourth-order valence-corrected chi connectivity index (χ4v) is 2.17. The molecule has 0 unspecified atom stereocenters. The molecule has 0 saturated heterocycles. The van der Waals surface area contributed by atoms with E-state index in [0.29, 0.717) is 28.6 Å². The zero-order valence-electron chi connectivity index (χ0n) is 11.5. The molecule has 1 amide bonds. The first-order chi connectivity index (χ1) is 10.1. The number of nitrogens with one attached hydrogen (secondary N) is 1. The van der Waals surface area contributed by atoms with Gasteiger partial charge in [-0.15, -0.1) is 0 Å². The van der Waals surface area contributed by atoms with Crippen molar-refractivity contribution in [1.82, 2.24) is 0 Å². The third kappa shape index (κ3) is 4.48. The summed E-state index contributed by atoms with van der Waals surface area (Å²) >= 11 is 9.33. The lowest BCUT2D eigenvalue weighted by Gasteiger charge is -2.12. The van der Waals surface area contributed by atoms with Gasteiger partial charge in [0.2, 0.25) is 0 Å². The second-order valence-electron chi connectivity index (χ2n) is 4.45. The Morgan fingerprint density at radius 1 is 1.24 bits per heavy atom. The molecule has 2 aromatic rings. The second kappa shape index (κ2) is 7.48. The quantitative estimate of drug-likeness (QED) is 0.793. The summed E-state index contributed by atoms with van der Waals surface area (Å²) in [5, 5.41) is 3.38. The molecule has 5 heteroatoms. The van der Waals surface area contributed by atoms with E-state index in [1.807, 2.05) is 19.1 Å². The monoisotopic (exact) mass is 367 g/mol. The zero-order chi connectivity index (χ0) is 15.2. The van der Waals surface area contributed by atoms with Gasteiger partial charge in [-0.05, 0) is 48.9 Å². The van der Waals surface area contributed by atoms with Gasteiger partial charge < -0.3 is 10.1 Å². The van der Waals surface area contributed by atoms with Crippen LogP contribution in [-0.2, 0) is 0 Å². The van der Waals surface area contributed by atoms with Gasteiger partial charge in [0, 0.05) is 15.1 Å². The molecule has 1 N–H and O–H groups in total. The Bertz CT molecular complexity index is 629. The topological polar surface area (TPSA) is 38.3 Å². The van der Waals surface area contributed by atoms with E-state index in [4.69, 9.17) is 16.3 Å². The SMILES string of the molecule is CCCOc1ccc(Cl)cc1NC(=O)c1ccc(Br)cc1. The summed E-state index contributed by atoms with van der Waals surface area (Å²) < 4.78 is 6.54. The largest absolute Gasteiger partial charge is 0.491 e. The number of rotatable bonds is 5. The van der Waals surface area contributed by atoms with Crippen molar-refractivity contribution in [1.29, 1.82) is 0 Å². The van der Waals surface area contributed by atoms with Crippen LogP contribution in [0.5, 0.6) is 5.75 Å². The Morgan fingerprint density at radius 2 is 1.95 bits per heavy atom. The average Bonchev–Trinajstić information content (AvgIpc) is 2.47. The Morgan fingerprint density at radius 3 is 2.62 bits per heavy atom. The Labute approximate surface area is 137 Å². The van der Waals surface area contributed by atoms with E-state index in [-0.39, 0.29) is 5.91 Å². The standard InChI is InChI=1S/C16H15BrClNO2/c1-2-9-21-15-8-7-13(18)10-14(15)19-16(20)11-3-5-12(17)6-4-11/h3-8,10H,2,9H2,1H3,(H,19,20). The summed E-state index contributed by atoms with van der Waals surface area (Å²) in [6, 6.07) is 12.3. The number of ether oxygens (including phenoxy) is 1. The van der Waals surface area contributed by atoms with Crippen LogP contribution < -0.4 is 10.1 Å². The molecule has 110 valence electrons. The highest BCUT2D eigenvalue weighted by Crippen LogP contribution is 2.28. The highest BCUT2D eigenvalue weighted by molar-refractivity contribution is 9.10. The van der Waals surface area contributed by atoms with Gasteiger partial charge in [0.1, 0.15) is 5.75 Å². The maximum atomic E-state index is 12.2. The van der Waals surface area contributed by atoms with Crippen LogP contribution in [0.1, 0.15) is 23.7 Å². The smallest absolute Gasteiger partial charge is 0.255 e. The summed E-state index contributed by atoms with van der Waals surface area (Å²) in [4.78, 5) is 12.2. The van der Waals surface area contributed by atoms with Gasteiger partial charge in [-0.25, -0.2) is 0 Å².